The molecule has 1 atom stereocenters. The number of likely N-dealkylation sites (N-methyl/N-ethyl adjacent to an activating group) is 1. The first kappa shape index (κ1) is 20.2. The molecule has 1 aliphatic carbocycles. The highest BCUT2D eigenvalue weighted by Gasteiger charge is 2.32. The number of aliphatic imine (C=N–C) groups is 1. The first-order valence-corrected chi connectivity index (χ1v) is 7.84. The molecule has 1 saturated carbocycles. The molecule has 1 unspecified atom stereocenters. The summed E-state index contributed by atoms with van der Waals surface area (Å²) in [6, 6.07) is 7.24. The topological polar surface area (TPSA) is 30.9 Å². The van der Waals surface area contributed by atoms with Crippen molar-refractivity contribution < 1.29 is 4.39 Å². The maximum Gasteiger partial charge on any atom is 0.193 e. The molecule has 0 saturated heterocycles. The summed E-state index contributed by atoms with van der Waals surface area (Å²) >= 11 is 0. The molecule has 1 N–H and O–H groups in total. The van der Waals surface area contributed by atoms with Crippen LogP contribution in [0.25, 0.3) is 0 Å². The Labute approximate surface area is 156 Å². The van der Waals surface area contributed by atoms with Crippen molar-refractivity contribution in [3.05, 3.63) is 35.6 Å². The van der Waals surface area contributed by atoms with Crippen LogP contribution in [0.5, 0.6) is 0 Å². The van der Waals surface area contributed by atoms with Gasteiger partial charge in [-0.15, -0.1) is 24.0 Å². The lowest BCUT2D eigenvalue weighted by atomic mass is 10.1. The lowest BCUT2D eigenvalue weighted by Crippen LogP contribution is -2.46. The van der Waals surface area contributed by atoms with Crippen LogP contribution in [-0.4, -0.2) is 56.5 Å². The third kappa shape index (κ3) is 6.25. The van der Waals surface area contributed by atoms with E-state index in [1.54, 1.807) is 19.2 Å². The molecule has 0 aliphatic heterocycles. The molecule has 0 amide bonds. The number of hydrogen-bond acceptors (Lipinski definition) is 2. The molecule has 0 heterocycles. The van der Waals surface area contributed by atoms with E-state index < -0.39 is 0 Å². The summed E-state index contributed by atoms with van der Waals surface area (Å²) in [7, 11) is 8.02. The van der Waals surface area contributed by atoms with E-state index in [0.29, 0.717) is 12.6 Å². The molecule has 1 aromatic rings. The van der Waals surface area contributed by atoms with Gasteiger partial charge in [-0.1, -0.05) is 12.1 Å². The Balaban J connectivity index is 0.00000264. The quantitative estimate of drug-likeness (QED) is 0.425. The SMILES string of the molecule is CN=C(NCC(C1CC1)N(C)C)N(C)Cc1cccc(F)c1.I. The maximum absolute atomic E-state index is 13.3. The van der Waals surface area contributed by atoms with Gasteiger partial charge in [0.05, 0.1) is 0 Å². The lowest BCUT2D eigenvalue weighted by Gasteiger charge is -2.28. The second kappa shape index (κ2) is 9.42. The number of benzene rings is 1. The monoisotopic (exact) mass is 434 g/mol. The van der Waals surface area contributed by atoms with Crippen LogP contribution in [-0.2, 0) is 6.54 Å². The normalized spacial score (nSPS) is 16.0. The van der Waals surface area contributed by atoms with Gasteiger partial charge in [-0.05, 0) is 50.6 Å². The fraction of sp³-hybridized carbons (Fsp3) is 0.588. The van der Waals surface area contributed by atoms with Gasteiger partial charge in [0, 0.05) is 33.2 Å². The number of halogens is 2. The van der Waals surface area contributed by atoms with Crippen LogP contribution in [0.3, 0.4) is 0 Å². The minimum absolute atomic E-state index is 0. The van der Waals surface area contributed by atoms with E-state index in [0.717, 1.165) is 24.0 Å². The zero-order chi connectivity index (χ0) is 16.1. The fourth-order valence-corrected chi connectivity index (χ4v) is 2.82. The Kier molecular flexibility index (Phi) is 8.25. The molecular formula is C17H28FIN4. The Morgan fingerprint density at radius 1 is 1.35 bits per heavy atom. The van der Waals surface area contributed by atoms with Crippen LogP contribution in [0.1, 0.15) is 18.4 Å². The molecule has 6 heteroatoms. The van der Waals surface area contributed by atoms with Crippen molar-refractivity contribution >= 4 is 29.9 Å². The lowest BCUT2D eigenvalue weighted by molar-refractivity contribution is 0.262. The van der Waals surface area contributed by atoms with Crippen molar-refractivity contribution in [3.8, 4) is 0 Å². The van der Waals surface area contributed by atoms with Gasteiger partial charge in [0.2, 0.25) is 0 Å². The summed E-state index contributed by atoms with van der Waals surface area (Å²) in [5, 5.41) is 3.45. The van der Waals surface area contributed by atoms with Crippen molar-refractivity contribution in [3.63, 3.8) is 0 Å². The highest BCUT2D eigenvalue weighted by atomic mass is 127. The maximum atomic E-state index is 13.3. The summed E-state index contributed by atoms with van der Waals surface area (Å²) in [6.45, 7) is 1.52. The number of hydrogen-bond donors (Lipinski definition) is 1. The molecule has 130 valence electrons. The zero-order valence-electron chi connectivity index (χ0n) is 14.4. The Bertz CT molecular complexity index is 515. The minimum atomic E-state index is -0.199. The van der Waals surface area contributed by atoms with E-state index in [9.17, 15) is 4.39 Å². The molecule has 0 aromatic heterocycles. The fourth-order valence-electron chi connectivity index (χ4n) is 2.82. The van der Waals surface area contributed by atoms with Gasteiger partial charge in [0.15, 0.2) is 5.96 Å². The van der Waals surface area contributed by atoms with Crippen molar-refractivity contribution in [2.24, 2.45) is 10.9 Å². The Morgan fingerprint density at radius 3 is 2.57 bits per heavy atom. The first-order valence-electron chi connectivity index (χ1n) is 7.84. The summed E-state index contributed by atoms with van der Waals surface area (Å²) in [5.41, 5.74) is 0.941. The average molecular weight is 434 g/mol. The van der Waals surface area contributed by atoms with E-state index >= 15 is 0 Å². The molecule has 1 aliphatic rings. The molecule has 2 rings (SSSR count). The smallest absolute Gasteiger partial charge is 0.193 e. The van der Waals surface area contributed by atoms with Crippen LogP contribution in [0.2, 0.25) is 0 Å². The Morgan fingerprint density at radius 2 is 2.04 bits per heavy atom. The molecule has 0 radical (unpaired) electrons. The van der Waals surface area contributed by atoms with Gasteiger partial charge in [0.25, 0.3) is 0 Å². The Hall–Kier alpha value is -0.890. The van der Waals surface area contributed by atoms with Crippen molar-refractivity contribution in [1.29, 1.82) is 0 Å². The van der Waals surface area contributed by atoms with Gasteiger partial charge in [0.1, 0.15) is 5.82 Å². The van der Waals surface area contributed by atoms with Gasteiger partial charge >= 0.3 is 0 Å². The van der Waals surface area contributed by atoms with Gasteiger partial charge in [-0.3, -0.25) is 4.99 Å². The zero-order valence-corrected chi connectivity index (χ0v) is 16.8. The van der Waals surface area contributed by atoms with E-state index in [1.807, 2.05) is 18.0 Å². The summed E-state index contributed by atoms with van der Waals surface area (Å²) in [6.07, 6.45) is 2.64. The molecular weight excluding hydrogens is 406 g/mol. The largest absolute Gasteiger partial charge is 0.355 e. The minimum Gasteiger partial charge on any atom is -0.355 e. The first-order chi connectivity index (χ1) is 10.5. The number of nitrogens with zero attached hydrogens (tertiary/aromatic N) is 3. The van der Waals surface area contributed by atoms with Gasteiger partial charge in [-0.25, -0.2) is 4.39 Å². The number of guanidine groups is 1. The number of rotatable bonds is 6. The van der Waals surface area contributed by atoms with E-state index in [2.05, 4.69) is 29.3 Å². The summed E-state index contributed by atoms with van der Waals surface area (Å²) in [5.74, 6) is 1.45. The second-order valence-corrected chi connectivity index (χ2v) is 6.28. The molecule has 1 aromatic carbocycles. The third-order valence-corrected chi connectivity index (χ3v) is 4.18. The van der Waals surface area contributed by atoms with E-state index in [-0.39, 0.29) is 29.8 Å². The standard InChI is InChI=1S/C17H27FN4.HI/c1-19-17(20-11-16(21(2)3)14-8-9-14)22(4)12-13-6-5-7-15(18)10-13;/h5-7,10,14,16H,8-9,11-12H2,1-4H3,(H,19,20);1H. The van der Waals surface area contributed by atoms with Gasteiger partial charge < -0.3 is 15.1 Å². The van der Waals surface area contributed by atoms with Gasteiger partial charge in [-0.2, -0.15) is 0 Å². The van der Waals surface area contributed by atoms with Crippen molar-refractivity contribution in [2.45, 2.75) is 25.4 Å². The van der Waals surface area contributed by atoms with Crippen LogP contribution >= 0.6 is 24.0 Å². The summed E-state index contributed by atoms with van der Waals surface area (Å²) < 4.78 is 13.3. The predicted molar refractivity (Wildman–Crippen MR) is 105 cm³/mol. The molecule has 0 bridgehead atoms. The van der Waals surface area contributed by atoms with Crippen molar-refractivity contribution in [2.75, 3.05) is 34.7 Å². The predicted octanol–water partition coefficient (Wildman–Crippen LogP) is 2.79. The summed E-state index contributed by atoms with van der Waals surface area (Å²) in [4.78, 5) is 8.64. The average Bonchev–Trinajstić information content (AvgIpc) is 3.27. The van der Waals surface area contributed by atoms with E-state index in [1.165, 1.54) is 18.9 Å². The molecule has 0 spiro atoms. The van der Waals surface area contributed by atoms with Crippen LogP contribution in [0.15, 0.2) is 29.3 Å². The third-order valence-electron chi connectivity index (χ3n) is 4.18. The van der Waals surface area contributed by atoms with E-state index in [4.69, 9.17) is 0 Å². The molecule has 1 fully saturated rings. The highest BCUT2D eigenvalue weighted by molar-refractivity contribution is 14.0. The highest BCUT2D eigenvalue weighted by Crippen LogP contribution is 2.34. The van der Waals surface area contributed by atoms with Crippen LogP contribution in [0.4, 0.5) is 4.39 Å². The molecule has 4 nitrogen and oxygen atoms in total. The number of nitrogens with one attached hydrogen (secondary N) is 1. The van der Waals surface area contributed by atoms with Crippen molar-refractivity contribution in [1.82, 2.24) is 15.1 Å². The van der Waals surface area contributed by atoms with Crippen LogP contribution < -0.4 is 5.32 Å². The van der Waals surface area contributed by atoms with Crippen LogP contribution in [0, 0.1) is 11.7 Å². The second-order valence-electron chi connectivity index (χ2n) is 6.28. The molecule has 23 heavy (non-hydrogen) atoms.